The SMILES string of the molecule is C[C@]([I-]CN)(C(=O)Nc1ccc2cnccc2c1)c1cccc(C2CCCB(O)OC2)c1. The van der Waals surface area contributed by atoms with E-state index in [0.29, 0.717) is 17.5 Å². The standard InChI is InChI=1S/C24H28BIN3O3/c1-24(26-16-27,23(30)29-22-8-7-19-14-28-11-9-18(19)13-22)21-6-2-4-17(12-21)20-5-3-10-25(31)32-15-20/h2,4,6-9,11-14,20,31H,3,5,10,15-16,27H2,1H3,(H,29,30)/q-1/t20?,24-/m1/s1. The average molecular weight is 544 g/mol. The van der Waals surface area contributed by atoms with Crippen molar-refractivity contribution < 1.29 is 35.7 Å². The Morgan fingerprint density at radius 1 is 1.31 bits per heavy atom. The number of halogens is 1. The van der Waals surface area contributed by atoms with Gasteiger partial charge in [0.05, 0.1) is 0 Å². The van der Waals surface area contributed by atoms with Gasteiger partial charge in [0.25, 0.3) is 0 Å². The number of hydrogen-bond acceptors (Lipinski definition) is 5. The number of aromatic nitrogens is 1. The fourth-order valence-corrected chi connectivity index (χ4v) is 6.25. The van der Waals surface area contributed by atoms with Crippen LogP contribution in [-0.4, -0.2) is 34.2 Å². The summed E-state index contributed by atoms with van der Waals surface area (Å²) < 4.78 is 5.41. The number of carbonyl (C=O) groups excluding carboxylic acids is 1. The molecule has 4 rings (SSSR count). The third kappa shape index (κ3) is 5.14. The summed E-state index contributed by atoms with van der Waals surface area (Å²) in [6.07, 6.45) is 6.10. The van der Waals surface area contributed by atoms with Crippen LogP contribution in [0.3, 0.4) is 0 Å². The number of pyridine rings is 1. The average Bonchev–Trinajstić information content (AvgIpc) is 3.03. The van der Waals surface area contributed by atoms with Crippen LogP contribution in [-0.2, 0) is 12.9 Å². The zero-order chi connectivity index (χ0) is 22.6. The molecule has 0 bridgehead atoms. The van der Waals surface area contributed by atoms with Crippen LogP contribution >= 0.6 is 0 Å². The molecule has 6 nitrogen and oxygen atoms in total. The van der Waals surface area contributed by atoms with E-state index >= 15 is 0 Å². The number of anilines is 1. The van der Waals surface area contributed by atoms with E-state index in [1.165, 1.54) is 0 Å². The fourth-order valence-electron chi connectivity index (χ4n) is 4.11. The first-order valence-electron chi connectivity index (χ1n) is 10.9. The first-order valence-corrected chi connectivity index (χ1v) is 13.5. The molecule has 32 heavy (non-hydrogen) atoms. The summed E-state index contributed by atoms with van der Waals surface area (Å²) in [5.74, 6) is 0.179. The molecular weight excluding hydrogens is 516 g/mol. The summed E-state index contributed by atoms with van der Waals surface area (Å²) in [6, 6.07) is 16.0. The van der Waals surface area contributed by atoms with Gasteiger partial charge in [-0.2, -0.15) is 0 Å². The normalized spacial score (nSPS) is 18.8. The molecule has 2 atom stereocenters. The molecule has 3 aromatic rings. The molecule has 1 saturated heterocycles. The molecule has 1 unspecified atom stereocenters. The predicted octanol–water partition coefficient (Wildman–Crippen LogP) is 0.468. The minimum atomic E-state index is -0.680. The summed E-state index contributed by atoms with van der Waals surface area (Å²) in [4.78, 5) is 17.7. The molecule has 0 spiro atoms. The van der Waals surface area contributed by atoms with E-state index in [-0.39, 0.29) is 11.8 Å². The quantitative estimate of drug-likeness (QED) is 0.182. The molecule has 2 aromatic carbocycles. The Kier molecular flexibility index (Phi) is 7.45. The molecule has 1 fully saturated rings. The van der Waals surface area contributed by atoms with Gasteiger partial charge in [-0.3, -0.25) is 0 Å². The van der Waals surface area contributed by atoms with Crippen molar-refractivity contribution in [1.29, 1.82) is 0 Å². The second-order valence-electron chi connectivity index (χ2n) is 8.22. The fraction of sp³-hybridized carbons (Fsp3) is 0.333. The topological polar surface area (TPSA) is 97.5 Å². The predicted molar refractivity (Wildman–Crippen MR) is 124 cm³/mol. The van der Waals surface area contributed by atoms with Gasteiger partial charge in [0, 0.05) is 0 Å². The molecule has 4 N–H and O–H groups in total. The van der Waals surface area contributed by atoms with Gasteiger partial charge in [0.15, 0.2) is 0 Å². The summed E-state index contributed by atoms with van der Waals surface area (Å²) >= 11 is -0.634. The third-order valence-electron chi connectivity index (χ3n) is 6.06. The van der Waals surface area contributed by atoms with Crippen molar-refractivity contribution >= 4 is 29.5 Å². The monoisotopic (exact) mass is 544 g/mol. The van der Waals surface area contributed by atoms with Gasteiger partial charge >= 0.3 is 200 Å². The van der Waals surface area contributed by atoms with Crippen LogP contribution in [0.5, 0.6) is 0 Å². The Morgan fingerprint density at radius 2 is 2.19 bits per heavy atom. The van der Waals surface area contributed by atoms with E-state index < -0.39 is 31.7 Å². The zero-order valence-electron chi connectivity index (χ0n) is 18.1. The number of hydrogen-bond donors (Lipinski definition) is 3. The number of amides is 1. The van der Waals surface area contributed by atoms with Crippen molar-refractivity contribution in [2.75, 3.05) is 16.5 Å². The molecule has 1 aliphatic rings. The van der Waals surface area contributed by atoms with E-state index in [1.807, 2.05) is 49.5 Å². The summed E-state index contributed by atoms with van der Waals surface area (Å²) in [7, 11) is -0.680. The second-order valence-corrected chi connectivity index (χ2v) is 12.0. The van der Waals surface area contributed by atoms with Crippen LogP contribution in [0.15, 0.2) is 60.9 Å². The Hall–Kier alpha value is -2.01. The van der Waals surface area contributed by atoms with E-state index in [1.54, 1.807) is 6.20 Å². The van der Waals surface area contributed by atoms with E-state index in [4.69, 9.17) is 10.4 Å². The van der Waals surface area contributed by atoms with Crippen LogP contribution in [0.1, 0.15) is 36.8 Å². The van der Waals surface area contributed by atoms with Gasteiger partial charge < -0.3 is 0 Å². The minimum absolute atomic E-state index is 0.0335. The molecule has 0 aliphatic carbocycles. The van der Waals surface area contributed by atoms with Crippen molar-refractivity contribution in [3.8, 4) is 0 Å². The molecule has 0 radical (unpaired) electrons. The van der Waals surface area contributed by atoms with Crippen molar-refractivity contribution in [3.63, 3.8) is 0 Å². The van der Waals surface area contributed by atoms with Crippen LogP contribution in [0.25, 0.3) is 10.8 Å². The van der Waals surface area contributed by atoms with Gasteiger partial charge in [0.1, 0.15) is 0 Å². The van der Waals surface area contributed by atoms with Gasteiger partial charge in [-0.05, 0) is 0 Å². The number of carbonyl (C=O) groups is 1. The van der Waals surface area contributed by atoms with Crippen LogP contribution < -0.4 is 32.3 Å². The van der Waals surface area contributed by atoms with Gasteiger partial charge in [-0.25, -0.2) is 0 Å². The maximum absolute atomic E-state index is 13.5. The van der Waals surface area contributed by atoms with E-state index in [0.717, 1.165) is 40.4 Å². The second kappa shape index (κ2) is 10.3. The van der Waals surface area contributed by atoms with Crippen molar-refractivity contribution in [2.45, 2.75) is 35.4 Å². The number of nitrogens with zero attached hydrogens (tertiary/aromatic N) is 1. The molecule has 0 saturated carbocycles. The summed E-state index contributed by atoms with van der Waals surface area (Å²) in [5, 5.41) is 15.0. The zero-order valence-corrected chi connectivity index (χ0v) is 20.3. The Bertz CT molecular complexity index is 1100. The number of fused-ring (bicyclic) bond motifs is 1. The number of alkyl halides is 2. The van der Waals surface area contributed by atoms with Gasteiger partial charge in [-0.15, -0.1) is 0 Å². The van der Waals surface area contributed by atoms with E-state index in [9.17, 15) is 9.82 Å². The molecular formula is C24H28BIN3O3-. The summed E-state index contributed by atoms with van der Waals surface area (Å²) in [6.45, 7) is 2.49. The molecule has 8 heteroatoms. The van der Waals surface area contributed by atoms with Gasteiger partial charge in [0.2, 0.25) is 0 Å². The van der Waals surface area contributed by atoms with Crippen LogP contribution in [0.4, 0.5) is 5.69 Å². The van der Waals surface area contributed by atoms with Crippen molar-refractivity contribution in [2.24, 2.45) is 5.73 Å². The van der Waals surface area contributed by atoms with Gasteiger partial charge in [-0.1, -0.05) is 0 Å². The van der Waals surface area contributed by atoms with Crippen LogP contribution in [0.2, 0.25) is 6.32 Å². The third-order valence-corrected chi connectivity index (χ3v) is 9.14. The molecule has 2 heterocycles. The summed E-state index contributed by atoms with van der Waals surface area (Å²) in [5.41, 5.74) is 8.89. The number of benzene rings is 2. The number of rotatable bonds is 6. The van der Waals surface area contributed by atoms with E-state index in [2.05, 4.69) is 22.4 Å². The molecule has 1 amide bonds. The Morgan fingerprint density at radius 3 is 3.03 bits per heavy atom. The van der Waals surface area contributed by atoms with Crippen molar-refractivity contribution in [3.05, 3.63) is 72.1 Å². The molecule has 1 aliphatic heterocycles. The van der Waals surface area contributed by atoms with Crippen LogP contribution in [0, 0.1) is 0 Å². The molecule has 1 aromatic heterocycles. The maximum atomic E-state index is 13.5. The van der Waals surface area contributed by atoms with Crippen molar-refractivity contribution in [1.82, 2.24) is 4.98 Å². The number of nitrogens with two attached hydrogens (primary N) is 1. The Labute approximate surface area is 199 Å². The number of nitrogens with one attached hydrogen (secondary N) is 1. The Balaban J connectivity index is 1.60. The first-order chi connectivity index (χ1) is 15.5. The first kappa shape index (κ1) is 23.2. The molecule has 168 valence electrons.